The molecule has 0 bridgehead atoms. The Morgan fingerprint density at radius 2 is 2.24 bits per heavy atom. The molecule has 0 aromatic rings. The van der Waals surface area contributed by atoms with Crippen LogP contribution in [-0.4, -0.2) is 35.6 Å². The number of likely N-dealkylation sites (tertiary alicyclic amines) is 1. The van der Waals surface area contributed by atoms with Gasteiger partial charge in [0, 0.05) is 12.0 Å². The maximum atomic E-state index is 13.4. The summed E-state index contributed by atoms with van der Waals surface area (Å²) in [5.74, 6) is -2.14. The summed E-state index contributed by atoms with van der Waals surface area (Å²) in [5.41, 5.74) is 0.138. The highest BCUT2D eigenvalue weighted by atomic mass is 19.1. The van der Waals surface area contributed by atoms with E-state index in [1.807, 2.05) is 0 Å². The Bertz CT molecular complexity index is 366. The number of carbonyl (C=O) groups excluding carboxylic acids is 3. The molecule has 1 atom stereocenters. The van der Waals surface area contributed by atoms with Gasteiger partial charge in [-0.2, -0.15) is 0 Å². The molecular weight excluding hydrogens is 229 g/mol. The Morgan fingerprint density at radius 1 is 1.59 bits per heavy atom. The molecule has 1 saturated heterocycles. The van der Waals surface area contributed by atoms with Crippen molar-refractivity contribution in [3.8, 4) is 0 Å². The van der Waals surface area contributed by atoms with Gasteiger partial charge in [-0.05, 0) is 19.8 Å². The molecule has 6 heteroatoms. The van der Waals surface area contributed by atoms with E-state index in [-0.39, 0.29) is 18.4 Å². The zero-order valence-electron chi connectivity index (χ0n) is 9.57. The molecule has 0 aromatic heterocycles. The van der Waals surface area contributed by atoms with Crippen LogP contribution in [0.4, 0.5) is 4.39 Å². The first kappa shape index (κ1) is 13.3. The first-order chi connectivity index (χ1) is 7.93. The van der Waals surface area contributed by atoms with E-state index in [9.17, 15) is 18.8 Å². The lowest BCUT2D eigenvalue weighted by molar-refractivity contribution is -0.161. The molecular formula is C11H14FNO4. The predicted octanol–water partition coefficient (Wildman–Crippen LogP) is 0.940. The Balaban J connectivity index is 2.54. The van der Waals surface area contributed by atoms with Gasteiger partial charge in [0.2, 0.25) is 5.91 Å². The van der Waals surface area contributed by atoms with E-state index in [1.165, 1.54) is 6.92 Å². The molecule has 0 N–H and O–H groups in total. The molecule has 94 valence electrons. The van der Waals surface area contributed by atoms with Gasteiger partial charge >= 0.3 is 5.97 Å². The number of nitrogens with zero attached hydrogens (tertiary/aromatic N) is 1. The van der Waals surface area contributed by atoms with Crippen molar-refractivity contribution < 1.29 is 23.5 Å². The Morgan fingerprint density at radius 3 is 2.76 bits per heavy atom. The topological polar surface area (TPSA) is 63.7 Å². The fraction of sp³-hybridized carbons (Fsp3) is 0.545. The van der Waals surface area contributed by atoms with Crippen molar-refractivity contribution in [3.63, 3.8) is 0 Å². The second-order valence-electron chi connectivity index (χ2n) is 3.84. The number of alkyl halides is 1. The molecule has 0 aliphatic carbocycles. The van der Waals surface area contributed by atoms with Crippen LogP contribution in [0.5, 0.6) is 0 Å². The van der Waals surface area contributed by atoms with E-state index in [2.05, 4.69) is 11.3 Å². The van der Waals surface area contributed by atoms with Gasteiger partial charge in [0.05, 0.1) is 0 Å². The van der Waals surface area contributed by atoms with Crippen LogP contribution in [0.2, 0.25) is 0 Å². The largest absolute Gasteiger partial charge is 0.452 e. The van der Waals surface area contributed by atoms with Crippen LogP contribution in [-0.2, 0) is 19.1 Å². The van der Waals surface area contributed by atoms with E-state index >= 15 is 0 Å². The number of piperidine rings is 1. The maximum Gasteiger partial charge on any atom is 0.333 e. The summed E-state index contributed by atoms with van der Waals surface area (Å²) in [6, 6.07) is 0. The second kappa shape index (κ2) is 5.56. The Hall–Kier alpha value is -1.72. The first-order valence-electron chi connectivity index (χ1n) is 5.25. The summed E-state index contributed by atoms with van der Waals surface area (Å²) in [7, 11) is 0. The lowest BCUT2D eigenvalue weighted by Gasteiger charge is -2.28. The molecule has 17 heavy (non-hydrogen) atoms. The third-order valence-electron chi connectivity index (χ3n) is 2.33. The monoisotopic (exact) mass is 243 g/mol. The van der Waals surface area contributed by atoms with Crippen LogP contribution >= 0.6 is 0 Å². The molecule has 5 nitrogen and oxygen atoms in total. The van der Waals surface area contributed by atoms with Gasteiger partial charge in [-0.15, -0.1) is 0 Å². The van der Waals surface area contributed by atoms with Crippen molar-refractivity contribution in [3.05, 3.63) is 12.2 Å². The SMILES string of the molecule is C=C(C)C(=O)OCC(=O)N1C(=O)CCCC1F. The molecule has 1 aliphatic heterocycles. The average molecular weight is 243 g/mol. The molecule has 0 saturated carbocycles. The number of hydrogen-bond acceptors (Lipinski definition) is 4. The number of imide groups is 1. The summed E-state index contributed by atoms with van der Waals surface area (Å²) >= 11 is 0. The van der Waals surface area contributed by atoms with Gasteiger partial charge in [-0.25, -0.2) is 14.1 Å². The van der Waals surface area contributed by atoms with Crippen molar-refractivity contribution in [1.82, 2.24) is 4.90 Å². The summed E-state index contributed by atoms with van der Waals surface area (Å²) in [4.78, 5) is 34.4. The fourth-order valence-electron chi connectivity index (χ4n) is 1.44. The number of halogens is 1. The zero-order chi connectivity index (χ0) is 13.0. The smallest absolute Gasteiger partial charge is 0.333 e. The summed E-state index contributed by atoms with van der Waals surface area (Å²) in [6.07, 6.45) is -0.922. The van der Waals surface area contributed by atoms with Gasteiger partial charge in [0.1, 0.15) is 0 Å². The lowest BCUT2D eigenvalue weighted by Crippen LogP contribution is -2.47. The number of ether oxygens (including phenoxy) is 1. The van der Waals surface area contributed by atoms with Gasteiger partial charge in [0.15, 0.2) is 12.9 Å². The van der Waals surface area contributed by atoms with Crippen LogP contribution in [0.25, 0.3) is 0 Å². The second-order valence-corrected chi connectivity index (χ2v) is 3.84. The van der Waals surface area contributed by atoms with E-state index < -0.39 is 30.7 Å². The first-order valence-corrected chi connectivity index (χ1v) is 5.25. The third kappa shape index (κ3) is 3.37. The van der Waals surface area contributed by atoms with Crippen molar-refractivity contribution in [1.29, 1.82) is 0 Å². The highest BCUT2D eigenvalue weighted by Gasteiger charge is 2.33. The van der Waals surface area contributed by atoms with Crippen LogP contribution in [0.3, 0.4) is 0 Å². The standard InChI is InChI=1S/C11H14FNO4/c1-7(2)11(16)17-6-10(15)13-8(12)4-3-5-9(13)14/h8H,1,3-6H2,2H3. The number of amides is 2. The molecule has 0 radical (unpaired) electrons. The molecule has 1 rings (SSSR count). The van der Waals surface area contributed by atoms with Crippen LogP contribution in [0.1, 0.15) is 26.2 Å². The molecule has 1 unspecified atom stereocenters. The normalized spacial score (nSPS) is 20.0. The van der Waals surface area contributed by atoms with Crippen molar-refractivity contribution >= 4 is 17.8 Å². The molecule has 1 heterocycles. The van der Waals surface area contributed by atoms with Gasteiger partial charge in [0.25, 0.3) is 5.91 Å². The van der Waals surface area contributed by atoms with Crippen LogP contribution < -0.4 is 0 Å². The molecule has 0 spiro atoms. The van der Waals surface area contributed by atoms with Crippen molar-refractivity contribution in [2.75, 3.05) is 6.61 Å². The maximum absolute atomic E-state index is 13.4. The minimum absolute atomic E-state index is 0.131. The predicted molar refractivity (Wildman–Crippen MR) is 56.4 cm³/mol. The van der Waals surface area contributed by atoms with Gasteiger partial charge in [-0.1, -0.05) is 6.58 Å². The average Bonchev–Trinajstić information content (AvgIpc) is 2.25. The number of hydrogen-bond donors (Lipinski definition) is 0. The van der Waals surface area contributed by atoms with E-state index in [0.29, 0.717) is 11.3 Å². The summed E-state index contributed by atoms with van der Waals surface area (Å²) in [5, 5.41) is 0. The van der Waals surface area contributed by atoms with Crippen molar-refractivity contribution in [2.24, 2.45) is 0 Å². The fourth-order valence-corrected chi connectivity index (χ4v) is 1.44. The van der Waals surface area contributed by atoms with Gasteiger partial charge < -0.3 is 4.74 Å². The Kier molecular flexibility index (Phi) is 4.37. The number of esters is 1. The van der Waals surface area contributed by atoms with E-state index in [0.717, 1.165) is 0 Å². The van der Waals surface area contributed by atoms with Gasteiger partial charge in [-0.3, -0.25) is 9.59 Å². The molecule has 0 aromatic carbocycles. The van der Waals surface area contributed by atoms with Crippen LogP contribution in [0, 0.1) is 0 Å². The minimum atomic E-state index is -1.62. The van der Waals surface area contributed by atoms with Crippen molar-refractivity contribution in [2.45, 2.75) is 32.5 Å². The third-order valence-corrected chi connectivity index (χ3v) is 2.33. The number of rotatable bonds is 3. The highest BCUT2D eigenvalue weighted by molar-refractivity contribution is 5.97. The quantitative estimate of drug-likeness (QED) is 0.420. The lowest BCUT2D eigenvalue weighted by atomic mass is 10.1. The molecule has 1 fully saturated rings. The van der Waals surface area contributed by atoms with Crippen LogP contribution in [0.15, 0.2) is 12.2 Å². The highest BCUT2D eigenvalue weighted by Crippen LogP contribution is 2.19. The molecule has 1 aliphatic rings. The van der Waals surface area contributed by atoms with E-state index in [1.54, 1.807) is 0 Å². The van der Waals surface area contributed by atoms with E-state index in [4.69, 9.17) is 0 Å². The number of carbonyl (C=O) groups is 3. The summed E-state index contributed by atoms with van der Waals surface area (Å²) < 4.78 is 17.9. The molecule has 2 amide bonds. The summed E-state index contributed by atoms with van der Waals surface area (Å²) in [6.45, 7) is 4.12. The Labute approximate surface area is 98.2 Å². The minimum Gasteiger partial charge on any atom is -0.452 e. The zero-order valence-corrected chi connectivity index (χ0v) is 9.57.